The SMILES string of the molecule is CCN(C)Cc1cccc(CNC(=O)c2cc3cc(C)ccc3nc2C)c1. The molecule has 3 rings (SSSR count). The molecule has 1 aromatic heterocycles. The molecule has 0 unspecified atom stereocenters. The zero-order valence-corrected chi connectivity index (χ0v) is 16.5. The number of rotatable bonds is 6. The molecule has 0 fully saturated rings. The van der Waals surface area contributed by atoms with Crippen LogP contribution in [-0.2, 0) is 13.1 Å². The van der Waals surface area contributed by atoms with Gasteiger partial charge in [-0.2, -0.15) is 0 Å². The van der Waals surface area contributed by atoms with Crippen LogP contribution in [-0.4, -0.2) is 29.4 Å². The Balaban J connectivity index is 1.73. The van der Waals surface area contributed by atoms with Gasteiger partial charge in [0.25, 0.3) is 5.91 Å². The van der Waals surface area contributed by atoms with Gasteiger partial charge < -0.3 is 10.2 Å². The third kappa shape index (κ3) is 4.72. The lowest BCUT2D eigenvalue weighted by atomic mass is 10.1. The van der Waals surface area contributed by atoms with Gasteiger partial charge in [0.05, 0.1) is 16.8 Å². The van der Waals surface area contributed by atoms with Crippen molar-refractivity contribution < 1.29 is 4.79 Å². The van der Waals surface area contributed by atoms with Crippen molar-refractivity contribution in [3.63, 3.8) is 0 Å². The highest BCUT2D eigenvalue weighted by atomic mass is 16.1. The van der Waals surface area contributed by atoms with Gasteiger partial charge in [-0.25, -0.2) is 0 Å². The molecule has 4 nitrogen and oxygen atoms in total. The van der Waals surface area contributed by atoms with Gasteiger partial charge in [0.2, 0.25) is 0 Å². The molecule has 1 amide bonds. The van der Waals surface area contributed by atoms with Gasteiger partial charge in [-0.1, -0.05) is 42.8 Å². The Morgan fingerprint density at radius 2 is 1.85 bits per heavy atom. The molecule has 0 radical (unpaired) electrons. The van der Waals surface area contributed by atoms with Gasteiger partial charge >= 0.3 is 0 Å². The Labute approximate surface area is 161 Å². The fraction of sp³-hybridized carbons (Fsp3) is 0.304. The van der Waals surface area contributed by atoms with E-state index < -0.39 is 0 Å². The van der Waals surface area contributed by atoms with E-state index in [2.05, 4.69) is 47.4 Å². The number of aryl methyl sites for hydroxylation is 2. The van der Waals surface area contributed by atoms with E-state index >= 15 is 0 Å². The van der Waals surface area contributed by atoms with Crippen LogP contribution < -0.4 is 5.32 Å². The maximum Gasteiger partial charge on any atom is 0.253 e. The van der Waals surface area contributed by atoms with Crippen molar-refractivity contribution in [2.75, 3.05) is 13.6 Å². The Bertz CT molecular complexity index is 965. The largest absolute Gasteiger partial charge is 0.348 e. The highest BCUT2D eigenvalue weighted by molar-refractivity contribution is 5.98. The third-order valence-electron chi connectivity index (χ3n) is 4.84. The lowest BCUT2D eigenvalue weighted by Crippen LogP contribution is -2.24. The predicted molar refractivity (Wildman–Crippen MR) is 111 cm³/mol. The Morgan fingerprint density at radius 3 is 2.63 bits per heavy atom. The summed E-state index contributed by atoms with van der Waals surface area (Å²) in [6.45, 7) is 8.50. The van der Waals surface area contributed by atoms with E-state index in [1.165, 1.54) is 5.56 Å². The summed E-state index contributed by atoms with van der Waals surface area (Å²) in [5.74, 6) is -0.0838. The molecule has 0 spiro atoms. The summed E-state index contributed by atoms with van der Waals surface area (Å²) in [6.07, 6.45) is 0. The van der Waals surface area contributed by atoms with Crippen LogP contribution in [0.4, 0.5) is 0 Å². The van der Waals surface area contributed by atoms with Crippen molar-refractivity contribution in [1.29, 1.82) is 0 Å². The summed E-state index contributed by atoms with van der Waals surface area (Å²) >= 11 is 0. The lowest BCUT2D eigenvalue weighted by molar-refractivity contribution is 0.0950. The molecule has 0 bridgehead atoms. The van der Waals surface area contributed by atoms with Gasteiger partial charge in [-0.15, -0.1) is 0 Å². The monoisotopic (exact) mass is 361 g/mol. The van der Waals surface area contributed by atoms with E-state index in [1.54, 1.807) is 0 Å². The first kappa shape index (κ1) is 19.1. The molecule has 4 heteroatoms. The average Bonchev–Trinajstić information content (AvgIpc) is 2.66. The number of benzene rings is 2. The first-order valence-electron chi connectivity index (χ1n) is 9.39. The van der Waals surface area contributed by atoms with Gasteiger partial charge in [-0.3, -0.25) is 9.78 Å². The summed E-state index contributed by atoms with van der Waals surface area (Å²) in [5.41, 5.74) is 5.82. The smallest absolute Gasteiger partial charge is 0.253 e. The summed E-state index contributed by atoms with van der Waals surface area (Å²) in [6, 6.07) is 16.4. The summed E-state index contributed by atoms with van der Waals surface area (Å²) < 4.78 is 0. The minimum atomic E-state index is -0.0838. The number of hydrogen-bond acceptors (Lipinski definition) is 3. The normalized spacial score (nSPS) is 11.1. The first-order chi connectivity index (χ1) is 13.0. The van der Waals surface area contributed by atoms with E-state index in [9.17, 15) is 4.79 Å². The van der Waals surface area contributed by atoms with Gasteiger partial charge in [-0.05, 0) is 56.8 Å². The number of nitrogens with zero attached hydrogens (tertiary/aromatic N) is 2. The second-order valence-corrected chi connectivity index (χ2v) is 7.15. The fourth-order valence-corrected chi connectivity index (χ4v) is 3.16. The molecular weight excluding hydrogens is 334 g/mol. The summed E-state index contributed by atoms with van der Waals surface area (Å²) in [5, 5.41) is 4.03. The van der Waals surface area contributed by atoms with Crippen molar-refractivity contribution in [2.24, 2.45) is 0 Å². The number of amides is 1. The van der Waals surface area contributed by atoms with Crippen LogP contribution in [0.1, 0.15) is 39.7 Å². The maximum atomic E-state index is 12.7. The number of carbonyl (C=O) groups excluding carboxylic acids is 1. The lowest BCUT2D eigenvalue weighted by Gasteiger charge is -2.15. The second kappa shape index (κ2) is 8.31. The zero-order valence-electron chi connectivity index (χ0n) is 16.5. The van der Waals surface area contributed by atoms with Crippen LogP contribution in [0, 0.1) is 13.8 Å². The zero-order chi connectivity index (χ0) is 19.4. The molecule has 1 N–H and O–H groups in total. The van der Waals surface area contributed by atoms with Crippen molar-refractivity contribution >= 4 is 16.8 Å². The second-order valence-electron chi connectivity index (χ2n) is 7.15. The molecule has 0 saturated carbocycles. The van der Waals surface area contributed by atoms with Crippen molar-refractivity contribution in [1.82, 2.24) is 15.2 Å². The standard InChI is InChI=1S/C23H27N3O/c1-5-26(4)15-19-8-6-7-18(12-19)14-24-23(27)21-13-20-11-16(2)9-10-22(20)25-17(21)3/h6-13H,5,14-15H2,1-4H3,(H,24,27). The fourth-order valence-electron chi connectivity index (χ4n) is 3.16. The topological polar surface area (TPSA) is 45.2 Å². The molecule has 0 aliphatic rings. The summed E-state index contributed by atoms with van der Waals surface area (Å²) in [7, 11) is 2.10. The van der Waals surface area contributed by atoms with Crippen LogP contribution in [0.2, 0.25) is 0 Å². The number of carbonyl (C=O) groups is 1. The average molecular weight is 361 g/mol. The van der Waals surface area contributed by atoms with Gasteiger partial charge in [0, 0.05) is 18.5 Å². The molecule has 0 atom stereocenters. The molecule has 0 aliphatic heterocycles. The van der Waals surface area contributed by atoms with E-state index in [0.29, 0.717) is 12.1 Å². The van der Waals surface area contributed by atoms with Crippen molar-refractivity contribution in [2.45, 2.75) is 33.9 Å². The van der Waals surface area contributed by atoms with Crippen LogP contribution >= 0.6 is 0 Å². The Kier molecular flexibility index (Phi) is 5.87. The van der Waals surface area contributed by atoms with E-state index in [1.807, 2.05) is 44.2 Å². The molecule has 0 aliphatic carbocycles. The van der Waals surface area contributed by atoms with Crippen LogP contribution in [0.3, 0.4) is 0 Å². The van der Waals surface area contributed by atoms with E-state index in [-0.39, 0.29) is 5.91 Å². The molecule has 27 heavy (non-hydrogen) atoms. The Hall–Kier alpha value is -2.72. The van der Waals surface area contributed by atoms with Crippen LogP contribution in [0.25, 0.3) is 10.9 Å². The maximum absolute atomic E-state index is 12.7. The number of pyridine rings is 1. The van der Waals surface area contributed by atoms with Crippen LogP contribution in [0.15, 0.2) is 48.5 Å². The number of nitrogens with one attached hydrogen (secondary N) is 1. The number of hydrogen-bond donors (Lipinski definition) is 1. The Morgan fingerprint density at radius 1 is 1.07 bits per heavy atom. The first-order valence-corrected chi connectivity index (χ1v) is 9.39. The molecule has 1 heterocycles. The molecule has 140 valence electrons. The van der Waals surface area contributed by atoms with E-state index in [0.717, 1.165) is 40.8 Å². The van der Waals surface area contributed by atoms with Crippen LogP contribution in [0.5, 0.6) is 0 Å². The highest BCUT2D eigenvalue weighted by Crippen LogP contribution is 2.18. The number of fused-ring (bicyclic) bond motifs is 1. The molecule has 3 aromatic rings. The molecular formula is C23H27N3O. The molecule has 2 aromatic carbocycles. The highest BCUT2D eigenvalue weighted by Gasteiger charge is 2.12. The van der Waals surface area contributed by atoms with Crippen molar-refractivity contribution in [3.8, 4) is 0 Å². The van der Waals surface area contributed by atoms with Gasteiger partial charge in [0.1, 0.15) is 0 Å². The predicted octanol–water partition coefficient (Wildman–Crippen LogP) is 4.23. The minimum absolute atomic E-state index is 0.0838. The van der Waals surface area contributed by atoms with E-state index in [4.69, 9.17) is 0 Å². The number of aromatic nitrogens is 1. The van der Waals surface area contributed by atoms with Crippen molar-refractivity contribution in [3.05, 3.63) is 76.5 Å². The quantitative estimate of drug-likeness (QED) is 0.714. The van der Waals surface area contributed by atoms with Gasteiger partial charge in [0.15, 0.2) is 0 Å². The summed E-state index contributed by atoms with van der Waals surface area (Å²) in [4.78, 5) is 19.6. The third-order valence-corrected chi connectivity index (χ3v) is 4.84. The molecule has 0 saturated heterocycles. The minimum Gasteiger partial charge on any atom is -0.348 e.